The van der Waals surface area contributed by atoms with Crippen LogP contribution >= 0.6 is 0 Å². The van der Waals surface area contributed by atoms with Crippen molar-refractivity contribution in [1.29, 1.82) is 0 Å². The molecule has 0 fully saturated rings. The molecule has 21 heavy (non-hydrogen) atoms. The van der Waals surface area contributed by atoms with Crippen molar-refractivity contribution in [2.45, 2.75) is 9.79 Å². The first-order valence-corrected chi connectivity index (χ1v) is 7.85. The van der Waals surface area contributed by atoms with Crippen LogP contribution in [-0.4, -0.2) is 31.0 Å². The van der Waals surface area contributed by atoms with E-state index in [0.717, 1.165) is 12.1 Å². The van der Waals surface area contributed by atoms with E-state index in [0.29, 0.717) is 6.07 Å². The summed E-state index contributed by atoms with van der Waals surface area (Å²) < 4.78 is 64.6. The third kappa shape index (κ3) is 3.48. The van der Waals surface area contributed by atoms with Crippen molar-refractivity contribution >= 4 is 36.7 Å². The fourth-order valence-corrected chi connectivity index (χ4v) is 3.14. The molecule has 0 heterocycles. The quantitative estimate of drug-likeness (QED) is 0.302. The summed E-state index contributed by atoms with van der Waals surface area (Å²) in [5.74, 6) is -0.623. The van der Waals surface area contributed by atoms with Gasteiger partial charge in [0, 0.05) is 10.8 Å². The molecule has 0 amide bonds. The number of hydrogen-bond acceptors (Lipinski definition) is 7. The number of anilines is 1. The van der Waals surface area contributed by atoms with Crippen LogP contribution in [0.15, 0.2) is 34.1 Å². The van der Waals surface area contributed by atoms with Crippen LogP contribution < -0.4 is 35.3 Å². The largest absolute Gasteiger partial charge is 1.00 e. The Hall–Kier alpha value is -0.880. The van der Waals surface area contributed by atoms with Crippen molar-refractivity contribution in [3.05, 3.63) is 24.3 Å². The zero-order chi connectivity index (χ0) is 15.3. The molecule has 4 N–H and O–H groups in total. The molecule has 8 nitrogen and oxygen atoms in total. The minimum absolute atomic E-state index is 0. The Morgan fingerprint density at radius 2 is 1.62 bits per heavy atom. The summed E-state index contributed by atoms with van der Waals surface area (Å²) in [6, 6.07) is 3.78. The Morgan fingerprint density at radius 1 is 1.05 bits per heavy atom. The topological polar surface area (TPSA) is 158 Å². The van der Waals surface area contributed by atoms with E-state index in [1.165, 1.54) is 6.07 Å². The van der Waals surface area contributed by atoms with Crippen LogP contribution in [-0.2, 0) is 20.2 Å². The second-order valence-corrected chi connectivity index (χ2v) is 6.69. The first-order valence-electron chi connectivity index (χ1n) is 5.00. The van der Waals surface area contributed by atoms with Gasteiger partial charge >= 0.3 is 29.6 Å². The molecule has 2 aromatic carbocycles. The molecular weight excluding hydrogens is 333 g/mol. The van der Waals surface area contributed by atoms with Gasteiger partial charge in [-0.1, -0.05) is 0 Å². The Balaban J connectivity index is 0.00000220. The molecule has 108 valence electrons. The number of phenols is 1. The number of phenolic OH excluding ortho intramolecular Hbond substituents is 1. The number of aromatic hydroxyl groups is 1. The summed E-state index contributed by atoms with van der Waals surface area (Å²) in [5, 5.41) is 9.25. The van der Waals surface area contributed by atoms with Gasteiger partial charge in [0.1, 0.15) is 20.8 Å². The molecule has 0 bridgehead atoms. The molecule has 0 saturated carbocycles. The molecule has 0 aliphatic heterocycles. The Labute approximate surface area is 142 Å². The fourth-order valence-electron chi connectivity index (χ4n) is 1.81. The molecule has 2 aromatic rings. The zero-order valence-electron chi connectivity index (χ0n) is 10.6. The minimum Gasteiger partial charge on any atom is -0.744 e. The molecule has 2 rings (SSSR count). The van der Waals surface area contributed by atoms with E-state index in [1.807, 2.05) is 0 Å². The van der Waals surface area contributed by atoms with Gasteiger partial charge in [0.25, 0.3) is 10.1 Å². The number of nitrogens with two attached hydrogens (primary N) is 1. The second-order valence-electron chi connectivity index (χ2n) is 3.95. The first kappa shape index (κ1) is 18.2. The van der Waals surface area contributed by atoms with Gasteiger partial charge in [0.05, 0.1) is 10.6 Å². The number of rotatable bonds is 2. The number of hydrogen-bond donors (Lipinski definition) is 3. The molecule has 0 aliphatic carbocycles. The van der Waals surface area contributed by atoms with Crippen LogP contribution in [0, 0.1) is 0 Å². The van der Waals surface area contributed by atoms with Gasteiger partial charge in [0.15, 0.2) is 0 Å². The minimum atomic E-state index is -4.92. The Bertz CT molecular complexity index is 922. The molecular formula is C10H8NNaO7S2. The average Bonchev–Trinajstić information content (AvgIpc) is 2.24. The summed E-state index contributed by atoms with van der Waals surface area (Å²) in [5.41, 5.74) is 5.09. The van der Waals surface area contributed by atoms with Crippen LogP contribution in [0.5, 0.6) is 5.75 Å². The molecule has 11 heteroatoms. The van der Waals surface area contributed by atoms with E-state index in [9.17, 15) is 26.5 Å². The van der Waals surface area contributed by atoms with E-state index in [-0.39, 0.29) is 46.0 Å². The Morgan fingerprint density at radius 3 is 2.10 bits per heavy atom. The average molecular weight is 341 g/mol. The zero-order valence-corrected chi connectivity index (χ0v) is 14.3. The van der Waals surface area contributed by atoms with Gasteiger partial charge in [-0.3, -0.25) is 4.55 Å². The van der Waals surface area contributed by atoms with Gasteiger partial charge in [-0.05, 0) is 24.3 Å². The molecule has 0 saturated heterocycles. The summed E-state index contributed by atoms with van der Waals surface area (Å²) in [6.07, 6.45) is 0. The normalized spacial score (nSPS) is 12.1. The predicted octanol–water partition coefficient (Wildman–Crippen LogP) is -2.72. The van der Waals surface area contributed by atoms with Crippen LogP contribution in [0.2, 0.25) is 0 Å². The van der Waals surface area contributed by atoms with Crippen LogP contribution in [0.25, 0.3) is 10.8 Å². The molecule has 0 aliphatic rings. The molecule has 0 atom stereocenters. The fraction of sp³-hybridized carbons (Fsp3) is 0. The maximum atomic E-state index is 11.3. The first-order chi connectivity index (χ1) is 9.01. The van der Waals surface area contributed by atoms with E-state index in [1.54, 1.807) is 0 Å². The molecule has 0 aromatic heterocycles. The standard InChI is InChI=1S/C10H9NO7S2.Na/c11-8-2-1-6-7(10(8)20(16,17)18)3-5(4-9(6)12)19(13,14)15;/h1-4,12H,11H2,(H,13,14,15)(H,16,17,18);/q;+1/p-1. The van der Waals surface area contributed by atoms with Crippen molar-refractivity contribution in [3.63, 3.8) is 0 Å². The van der Waals surface area contributed by atoms with E-state index in [4.69, 9.17) is 10.3 Å². The van der Waals surface area contributed by atoms with Gasteiger partial charge in [-0.25, -0.2) is 8.42 Å². The van der Waals surface area contributed by atoms with Crippen molar-refractivity contribution < 1.29 is 60.6 Å². The Kier molecular flexibility index (Phi) is 4.95. The van der Waals surface area contributed by atoms with Gasteiger partial charge < -0.3 is 15.4 Å². The van der Waals surface area contributed by atoms with E-state index < -0.39 is 35.8 Å². The van der Waals surface area contributed by atoms with Crippen molar-refractivity contribution in [2.24, 2.45) is 0 Å². The summed E-state index contributed by atoms with van der Waals surface area (Å²) >= 11 is 0. The SMILES string of the molecule is Nc1ccc2c(O)cc(S(=O)(=O)[O-])cc2c1S(=O)(=O)O.[Na+]. The monoisotopic (exact) mass is 341 g/mol. The second kappa shape index (κ2) is 5.72. The van der Waals surface area contributed by atoms with Crippen molar-refractivity contribution in [1.82, 2.24) is 0 Å². The third-order valence-electron chi connectivity index (χ3n) is 2.61. The smallest absolute Gasteiger partial charge is 0.744 e. The molecule has 0 unspecified atom stereocenters. The van der Waals surface area contributed by atoms with Crippen molar-refractivity contribution in [3.8, 4) is 5.75 Å². The van der Waals surface area contributed by atoms with E-state index in [2.05, 4.69) is 0 Å². The summed E-state index contributed by atoms with van der Waals surface area (Å²) in [6.45, 7) is 0. The van der Waals surface area contributed by atoms with E-state index >= 15 is 0 Å². The maximum absolute atomic E-state index is 11.3. The van der Waals surface area contributed by atoms with Gasteiger partial charge in [0.2, 0.25) is 0 Å². The van der Waals surface area contributed by atoms with Gasteiger partial charge in [-0.15, -0.1) is 0 Å². The predicted molar refractivity (Wildman–Crippen MR) is 67.8 cm³/mol. The van der Waals surface area contributed by atoms with Crippen molar-refractivity contribution in [2.75, 3.05) is 5.73 Å². The number of nitrogen functional groups attached to an aromatic ring is 1. The number of fused-ring (bicyclic) bond motifs is 1. The van der Waals surface area contributed by atoms with Crippen LogP contribution in [0.1, 0.15) is 0 Å². The number of benzene rings is 2. The van der Waals surface area contributed by atoms with Crippen LogP contribution in [0.3, 0.4) is 0 Å². The molecule has 0 spiro atoms. The maximum Gasteiger partial charge on any atom is 1.00 e. The van der Waals surface area contributed by atoms with Gasteiger partial charge in [-0.2, -0.15) is 8.42 Å². The summed E-state index contributed by atoms with van der Waals surface area (Å²) in [7, 11) is -9.69. The van der Waals surface area contributed by atoms with Crippen LogP contribution in [0.4, 0.5) is 5.69 Å². The molecule has 0 radical (unpaired) electrons. The third-order valence-corrected chi connectivity index (χ3v) is 4.40. The summed E-state index contributed by atoms with van der Waals surface area (Å²) in [4.78, 5) is -1.60.